The summed E-state index contributed by atoms with van der Waals surface area (Å²) in [5, 5.41) is 0. The third kappa shape index (κ3) is 6.84. The van der Waals surface area contributed by atoms with Crippen LogP contribution in [0.25, 0.3) is 0 Å². The van der Waals surface area contributed by atoms with Crippen molar-refractivity contribution in [2.24, 2.45) is 0 Å². The van der Waals surface area contributed by atoms with Gasteiger partial charge >= 0.3 is 0 Å². The standard InChI is InChI=1S/C41H50B2S/c1-14-25(3)18-29(7)36(15-2)42(39-30(8)19-26(4)20-31(39)9)37-16-17-38(44-37)43(40-32(10)21-27(5)22-33(40)11)41-34(12)23-28(6)24-35(41)13/h14-24H,1-13H3/b25-14-,29-18-,36-15?. The van der Waals surface area contributed by atoms with Crippen LogP contribution in [0, 0.1) is 62.3 Å². The second kappa shape index (κ2) is 13.8. The van der Waals surface area contributed by atoms with Gasteiger partial charge in [-0.2, -0.15) is 11.3 Å². The number of thiophene rings is 1. The first-order valence-corrected chi connectivity index (χ1v) is 16.9. The lowest BCUT2D eigenvalue weighted by Crippen LogP contribution is -2.55. The second-order valence-electron chi connectivity index (χ2n) is 13.1. The summed E-state index contributed by atoms with van der Waals surface area (Å²) in [6.45, 7) is 29.6. The minimum atomic E-state index is 0.168. The third-order valence-corrected chi connectivity index (χ3v) is 10.5. The summed E-state index contributed by atoms with van der Waals surface area (Å²) in [6, 6.07) is 19.0. The topological polar surface area (TPSA) is 0 Å². The Morgan fingerprint density at radius 3 is 1.32 bits per heavy atom. The zero-order valence-corrected chi connectivity index (χ0v) is 30.2. The van der Waals surface area contributed by atoms with Gasteiger partial charge in [0.15, 0.2) is 0 Å². The molecule has 0 saturated carbocycles. The molecule has 1 aromatic heterocycles. The predicted octanol–water partition coefficient (Wildman–Crippen LogP) is 8.05. The average molecular weight is 597 g/mol. The van der Waals surface area contributed by atoms with Crippen LogP contribution >= 0.6 is 11.3 Å². The van der Waals surface area contributed by atoms with Crippen LogP contribution in [0.1, 0.15) is 77.8 Å². The van der Waals surface area contributed by atoms with Crippen molar-refractivity contribution >= 4 is 50.7 Å². The van der Waals surface area contributed by atoms with Gasteiger partial charge in [0, 0.05) is 0 Å². The van der Waals surface area contributed by atoms with Crippen LogP contribution in [0.5, 0.6) is 0 Å². The maximum absolute atomic E-state index is 2.43. The van der Waals surface area contributed by atoms with Crippen LogP contribution in [-0.2, 0) is 0 Å². The van der Waals surface area contributed by atoms with Crippen molar-refractivity contribution in [3.63, 3.8) is 0 Å². The van der Waals surface area contributed by atoms with Crippen molar-refractivity contribution in [2.75, 3.05) is 0 Å². The van der Waals surface area contributed by atoms with Crippen LogP contribution in [0.4, 0.5) is 0 Å². The van der Waals surface area contributed by atoms with E-state index in [1.807, 2.05) is 11.3 Å². The van der Waals surface area contributed by atoms with E-state index in [-0.39, 0.29) is 13.4 Å². The molecule has 4 aromatic rings. The van der Waals surface area contributed by atoms with E-state index in [1.54, 1.807) is 0 Å². The summed E-state index contributed by atoms with van der Waals surface area (Å²) < 4.78 is 2.82. The highest BCUT2D eigenvalue weighted by Crippen LogP contribution is 2.21. The van der Waals surface area contributed by atoms with E-state index >= 15 is 0 Å². The lowest BCUT2D eigenvalue weighted by molar-refractivity contribution is 1.34. The van der Waals surface area contributed by atoms with Crippen LogP contribution in [0.15, 0.2) is 83.4 Å². The van der Waals surface area contributed by atoms with Gasteiger partial charge in [0.2, 0.25) is 0 Å². The van der Waals surface area contributed by atoms with Crippen LogP contribution < -0.4 is 25.9 Å². The summed E-state index contributed by atoms with van der Waals surface area (Å²) in [5.41, 5.74) is 20.5. The molecule has 0 nitrogen and oxygen atoms in total. The first-order valence-electron chi connectivity index (χ1n) is 16.1. The van der Waals surface area contributed by atoms with Crippen molar-refractivity contribution in [3.05, 3.63) is 133 Å². The molecule has 0 radical (unpaired) electrons. The molecule has 0 aliphatic heterocycles. The second-order valence-corrected chi connectivity index (χ2v) is 14.3. The first kappa shape index (κ1) is 33.6. The smallest absolute Gasteiger partial charge is 0.163 e. The Labute approximate surface area is 273 Å². The molecule has 226 valence electrons. The van der Waals surface area contributed by atoms with E-state index in [4.69, 9.17) is 0 Å². The fourth-order valence-corrected chi connectivity index (χ4v) is 8.89. The molecule has 0 aliphatic rings. The largest absolute Gasteiger partial charge is 0.254 e. The molecular formula is C41H50B2S. The highest BCUT2D eigenvalue weighted by Gasteiger charge is 2.33. The Morgan fingerprint density at radius 1 is 0.545 bits per heavy atom. The van der Waals surface area contributed by atoms with E-state index in [1.165, 1.54) is 92.6 Å². The van der Waals surface area contributed by atoms with E-state index in [0.29, 0.717) is 0 Å². The molecule has 1 heterocycles. The fourth-order valence-electron chi connectivity index (χ4n) is 7.63. The molecule has 0 amide bonds. The molecule has 0 fully saturated rings. The fraction of sp³-hybridized carbons (Fsp3) is 0.317. The first-order chi connectivity index (χ1) is 20.8. The van der Waals surface area contributed by atoms with Crippen LogP contribution in [0.3, 0.4) is 0 Å². The molecule has 0 atom stereocenters. The van der Waals surface area contributed by atoms with E-state index in [2.05, 4.69) is 157 Å². The summed E-state index contributed by atoms with van der Waals surface area (Å²) in [7, 11) is 0. The van der Waals surface area contributed by atoms with Crippen molar-refractivity contribution in [2.45, 2.75) is 90.0 Å². The molecule has 0 spiro atoms. The number of aryl methyl sites for hydroxylation is 9. The Hall–Kier alpha value is -3.29. The SMILES string of the molecule is CC=C(B(c1ccc(B(c2c(C)cc(C)cc2C)c2c(C)cc(C)cc2C)s1)c1c(C)cc(C)cc1C)/C(C)=C\C(C)=C/C. The maximum Gasteiger partial charge on any atom is 0.254 e. The summed E-state index contributed by atoms with van der Waals surface area (Å²) in [5.74, 6) is 0. The Balaban J connectivity index is 2.03. The van der Waals surface area contributed by atoms with Crippen LogP contribution in [-0.4, -0.2) is 13.4 Å². The van der Waals surface area contributed by atoms with E-state index < -0.39 is 0 Å². The summed E-state index contributed by atoms with van der Waals surface area (Å²) in [4.78, 5) is 0. The van der Waals surface area contributed by atoms with Gasteiger partial charge < -0.3 is 0 Å². The molecule has 0 N–H and O–H groups in total. The normalized spacial score (nSPS) is 12.6. The van der Waals surface area contributed by atoms with Crippen molar-refractivity contribution < 1.29 is 0 Å². The highest BCUT2D eigenvalue weighted by atomic mass is 32.1. The minimum absolute atomic E-state index is 0.168. The lowest BCUT2D eigenvalue weighted by atomic mass is 9.36. The monoisotopic (exact) mass is 596 g/mol. The maximum atomic E-state index is 2.43. The molecule has 0 saturated heterocycles. The quantitative estimate of drug-likeness (QED) is 0.143. The minimum Gasteiger partial charge on any atom is -0.163 e. The van der Waals surface area contributed by atoms with E-state index in [9.17, 15) is 0 Å². The number of benzene rings is 3. The molecule has 3 aromatic carbocycles. The number of hydrogen-bond donors (Lipinski definition) is 0. The molecule has 4 rings (SSSR count). The zero-order valence-electron chi connectivity index (χ0n) is 29.4. The number of hydrogen-bond acceptors (Lipinski definition) is 1. The van der Waals surface area contributed by atoms with Gasteiger partial charge in [0.1, 0.15) is 0 Å². The summed E-state index contributed by atoms with van der Waals surface area (Å²) >= 11 is 2.00. The van der Waals surface area contributed by atoms with Crippen LogP contribution in [0.2, 0.25) is 0 Å². The molecule has 0 aliphatic carbocycles. The Bertz CT molecular complexity index is 1670. The Morgan fingerprint density at radius 2 is 0.932 bits per heavy atom. The van der Waals surface area contributed by atoms with Gasteiger partial charge in [-0.3, -0.25) is 0 Å². The summed E-state index contributed by atoms with van der Waals surface area (Å²) in [6.07, 6.45) is 6.88. The zero-order chi connectivity index (χ0) is 32.5. The van der Waals surface area contributed by atoms with Crippen molar-refractivity contribution in [1.29, 1.82) is 0 Å². The molecule has 0 bridgehead atoms. The molecule has 0 unspecified atom stereocenters. The van der Waals surface area contributed by atoms with Gasteiger partial charge in [-0.1, -0.05) is 150 Å². The predicted molar refractivity (Wildman–Crippen MR) is 203 cm³/mol. The highest BCUT2D eigenvalue weighted by molar-refractivity contribution is 7.35. The van der Waals surface area contributed by atoms with Gasteiger partial charge in [-0.05, 0) is 99.6 Å². The molecular weight excluding hydrogens is 546 g/mol. The lowest BCUT2D eigenvalue weighted by Gasteiger charge is -2.24. The third-order valence-electron chi connectivity index (χ3n) is 9.27. The van der Waals surface area contributed by atoms with Gasteiger partial charge in [0.05, 0.1) is 0 Å². The average Bonchev–Trinajstić information content (AvgIpc) is 3.39. The van der Waals surface area contributed by atoms with Gasteiger partial charge in [-0.15, -0.1) is 0 Å². The van der Waals surface area contributed by atoms with Gasteiger partial charge in [-0.25, -0.2) is 0 Å². The van der Waals surface area contributed by atoms with E-state index in [0.717, 1.165) is 0 Å². The Kier molecular flexibility index (Phi) is 10.5. The van der Waals surface area contributed by atoms with Crippen molar-refractivity contribution in [1.82, 2.24) is 0 Å². The molecule has 3 heteroatoms. The number of allylic oxidation sites excluding steroid dienone is 6. The molecule has 44 heavy (non-hydrogen) atoms. The van der Waals surface area contributed by atoms with Gasteiger partial charge in [0.25, 0.3) is 13.4 Å². The van der Waals surface area contributed by atoms with Crippen molar-refractivity contribution in [3.8, 4) is 0 Å². The number of rotatable bonds is 8.